The van der Waals surface area contributed by atoms with Crippen molar-refractivity contribution in [3.63, 3.8) is 0 Å². The van der Waals surface area contributed by atoms with Gasteiger partial charge in [-0.3, -0.25) is 4.57 Å². The summed E-state index contributed by atoms with van der Waals surface area (Å²) in [7, 11) is -6.98. The summed E-state index contributed by atoms with van der Waals surface area (Å²) in [6, 6.07) is 13.2. The molecule has 1 unspecified atom stereocenters. The Balaban J connectivity index is 0.00000385. The molecule has 0 bridgehead atoms. The molecule has 0 aliphatic carbocycles. The number of nitrogens with zero attached hydrogens (tertiary/aromatic N) is 1. The SMILES string of the molecule is COc1cc(-c2ccc(S(=O)(=O)CCP(=O)([O-])Oc3ccc(C#N)c(F)c3)s2)ccc1C.[NH4+]. The van der Waals surface area contributed by atoms with Gasteiger partial charge in [0.25, 0.3) is 0 Å². The first-order valence-corrected chi connectivity index (χ1v) is 13.4. The number of aryl methyl sites for hydroxylation is 1. The average molecular weight is 513 g/mol. The third-order valence-corrected chi connectivity index (χ3v) is 9.51. The van der Waals surface area contributed by atoms with Gasteiger partial charge in [0.2, 0.25) is 0 Å². The number of thiophene rings is 1. The summed E-state index contributed by atoms with van der Waals surface area (Å²) in [5.41, 5.74) is 1.45. The van der Waals surface area contributed by atoms with E-state index in [1.807, 2.05) is 19.1 Å². The van der Waals surface area contributed by atoms with E-state index in [0.29, 0.717) is 10.6 Å². The van der Waals surface area contributed by atoms with Crippen LogP contribution >= 0.6 is 18.9 Å². The molecule has 176 valence electrons. The molecule has 0 radical (unpaired) electrons. The molecule has 4 N–H and O–H groups in total. The van der Waals surface area contributed by atoms with Crippen LogP contribution in [0.2, 0.25) is 0 Å². The molecule has 1 aromatic heterocycles. The minimum absolute atomic E-state index is 0. The number of ether oxygens (including phenoxy) is 1. The highest BCUT2D eigenvalue weighted by Crippen LogP contribution is 2.40. The Morgan fingerprint density at radius 1 is 1.18 bits per heavy atom. The normalized spacial score (nSPS) is 12.8. The minimum Gasteiger partial charge on any atom is -0.769 e. The molecule has 0 fully saturated rings. The van der Waals surface area contributed by atoms with E-state index in [1.165, 1.54) is 6.07 Å². The van der Waals surface area contributed by atoms with Gasteiger partial charge in [0.15, 0.2) is 17.4 Å². The first-order valence-electron chi connectivity index (χ1n) is 9.21. The van der Waals surface area contributed by atoms with Crippen molar-refractivity contribution in [2.45, 2.75) is 11.1 Å². The van der Waals surface area contributed by atoms with Crippen LogP contribution in [0.1, 0.15) is 11.1 Å². The number of benzene rings is 2. The molecule has 33 heavy (non-hydrogen) atoms. The van der Waals surface area contributed by atoms with Gasteiger partial charge < -0.3 is 20.3 Å². The van der Waals surface area contributed by atoms with Crippen molar-refractivity contribution < 1.29 is 31.5 Å². The fourth-order valence-electron chi connectivity index (χ4n) is 2.80. The van der Waals surface area contributed by atoms with Crippen molar-refractivity contribution >= 4 is 28.8 Å². The number of quaternary nitrogens is 1. The highest BCUT2D eigenvalue weighted by atomic mass is 32.2. The van der Waals surface area contributed by atoms with Crippen molar-refractivity contribution in [1.82, 2.24) is 6.15 Å². The summed E-state index contributed by atoms with van der Waals surface area (Å²) in [5.74, 6) is -1.28. The lowest BCUT2D eigenvalue weighted by Gasteiger charge is -2.23. The summed E-state index contributed by atoms with van der Waals surface area (Å²) < 4.78 is 61.3. The van der Waals surface area contributed by atoms with E-state index in [2.05, 4.69) is 0 Å². The minimum atomic E-state index is -4.63. The molecule has 0 aliphatic rings. The second kappa shape index (κ2) is 10.5. The molecule has 1 heterocycles. The van der Waals surface area contributed by atoms with E-state index in [-0.39, 0.29) is 21.7 Å². The molecule has 8 nitrogen and oxygen atoms in total. The summed E-state index contributed by atoms with van der Waals surface area (Å²) >= 11 is 1.02. The zero-order valence-electron chi connectivity index (χ0n) is 18.1. The van der Waals surface area contributed by atoms with Gasteiger partial charge in [-0.2, -0.15) is 5.26 Å². The number of nitriles is 1. The molecular weight excluding hydrogens is 490 g/mol. The van der Waals surface area contributed by atoms with Crippen LogP contribution in [-0.4, -0.2) is 27.4 Å². The number of methoxy groups -OCH3 is 1. The van der Waals surface area contributed by atoms with Gasteiger partial charge in [-0.05, 0) is 48.4 Å². The first-order chi connectivity index (χ1) is 15.0. The summed E-state index contributed by atoms with van der Waals surface area (Å²) in [5, 5.41) is 8.72. The number of halogens is 1. The highest BCUT2D eigenvalue weighted by Gasteiger charge is 2.22. The Bertz CT molecular complexity index is 1350. The lowest BCUT2D eigenvalue weighted by atomic mass is 10.1. The molecule has 0 amide bonds. The lowest BCUT2D eigenvalue weighted by Crippen LogP contribution is -2.18. The van der Waals surface area contributed by atoms with Crippen molar-refractivity contribution in [2.75, 3.05) is 19.0 Å². The van der Waals surface area contributed by atoms with Gasteiger partial charge in [-0.15, -0.1) is 11.3 Å². The summed E-state index contributed by atoms with van der Waals surface area (Å²) in [6.07, 6.45) is -0.789. The molecule has 1 atom stereocenters. The van der Waals surface area contributed by atoms with Gasteiger partial charge in [0.05, 0.1) is 18.4 Å². The predicted octanol–water partition coefficient (Wildman–Crippen LogP) is 4.53. The standard InChI is InChI=1S/C21H19FNO6PS2.H3N/c1-14-3-4-15(11-19(14)28-2)20-7-8-21(31-20)32(26,27)10-9-30(24,25)29-17-6-5-16(13-23)18(22)12-17;/h3-8,11-12H,9-10H2,1-2H3,(H,24,25);1H3. The maximum atomic E-state index is 13.6. The summed E-state index contributed by atoms with van der Waals surface area (Å²) in [6.45, 7) is 1.89. The van der Waals surface area contributed by atoms with Crippen LogP contribution in [-0.2, 0) is 14.4 Å². The van der Waals surface area contributed by atoms with E-state index < -0.39 is 35.2 Å². The van der Waals surface area contributed by atoms with Crippen LogP contribution in [0, 0.1) is 24.1 Å². The molecule has 3 rings (SSSR count). The zero-order valence-corrected chi connectivity index (χ0v) is 20.6. The molecular formula is C21H22FN2O6PS2. The van der Waals surface area contributed by atoms with Crippen molar-refractivity contribution in [1.29, 1.82) is 5.26 Å². The number of hydrogen-bond acceptors (Lipinski definition) is 8. The van der Waals surface area contributed by atoms with Crippen LogP contribution in [0.5, 0.6) is 11.5 Å². The van der Waals surface area contributed by atoms with Crippen LogP contribution < -0.4 is 20.3 Å². The largest absolute Gasteiger partial charge is 0.769 e. The second-order valence-electron chi connectivity index (χ2n) is 6.80. The fourth-order valence-corrected chi connectivity index (χ4v) is 7.42. The Labute approximate surface area is 195 Å². The second-order valence-corrected chi connectivity index (χ2v) is 12.1. The maximum absolute atomic E-state index is 13.6. The van der Waals surface area contributed by atoms with E-state index in [1.54, 1.807) is 25.3 Å². The first kappa shape index (κ1) is 26.5. The number of hydrogen-bond donors (Lipinski definition) is 1. The van der Waals surface area contributed by atoms with Gasteiger partial charge in [0, 0.05) is 17.1 Å². The molecule has 0 aliphatic heterocycles. The van der Waals surface area contributed by atoms with Crippen molar-refractivity contribution in [2.24, 2.45) is 0 Å². The van der Waals surface area contributed by atoms with Gasteiger partial charge >= 0.3 is 0 Å². The van der Waals surface area contributed by atoms with Gasteiger partial charge in [-0.25, -0.2) is 12.8 Å². The smallest absolute Gasteiger partial charge is 0.188 e. The van der Waals surface area contributed by atoms with E-state index in [0.717, 1.165) is 40.7 Å². The third kappa shape index (κ3) is 6.41. The van der Waals surface area contributed by atoms with Gasteiger partial charge in [0.1, 0.15) is 27.6 Å². The molecule has 0 saturated carbocycles. The molecule has 3 aromatic rings. The number of sulfone groups is 1. The van der Waals surface area contributed by atoms with Crippen LogP contribution in [0.4, 0.5) is 4.39 Å². The average Bonchev–Trinajstić information content (AvgIpc) is 3.24. The molecule has 0 saturated heterocycles. The number of rotatable bonds is 8. The Morgan fingerprint density at radius 3 is 2.55 bits per heavy atom. The van der Waals surface area contributed by atoms with E-state index >= 15 is 0 Å². The Hall–Kier alpha value is -2.74. The highest BCUT2D eigenvalue weighted by molar-refractivity contribution is 7.93. The zero-order chi connectivity index (χ0) is 23.5. The Morgan fingerprint density at radius 2 is 1.91 bits per heavy atom. The Kier molecular flexibility index (Phi) is 8.41. The summed E-state index contributed by atoms with van der Waals surface area (Å²) in [4.78, 5) is 12.9. The maximum Gasteiger partial charge on any atom is 0.188 e. The van der Waals surface area contributed by atoms with E-state index in [4.69, 9.17) is 14.5 Å². The van der Waals surface area contributed by atoms with E-state index in [9.17, 15) is 22.3 Å². The van der Waals surface area contributed by atoms with Gasteiger partial charge in [-0.1, -0.05) is 12.1 Å². The van der Waals surface area contributed by atoms with Crippen LogP contribution in [0.15, 0.2) is 52.7 Å². The quantitative estimate of drug-likeness (QED) is 0.435. The fraction of sp³-hybridized carbons (Fsp3) is 0.190. The molecule has 12 heteroatoms. The van der Waals surface area contributed by atoms with Crippen LogP contribution in [0.3, 0.4) is 0 Å². The predicted molar refractivity (Wildman–Crippen MR) is 123 cm³/mol. The van der Waals surface area contributed by atoms with Crippen molar-refractivity contribution in [3.8, 4) is 28.0 Å². The monoisotopic (exact) mass is 512 g/mol. The molecule has 2 aromatic carbocycles. The van der Waals surface area contributed by atoms with Crippen LogP contribution in [0.25, 0.3) is 10.4 Å². The molecule has 0 spiro atoms. The topological polar surface area (TPSA) is 153 Å². The van der Waals surface area contributed by atoms with Crippen molar-refractivity contribution in [3.05, 3.63) is 65.5 Å². The lowest BCUT2D eigenvalue weighted by molar-refractivity contribution is -0.190. The third-order valence-electron chi connectivity index (χ3n) is 4.52.